The standard InChI is InChI=1S/C11H21NO3/c1-4-12(9(2)13)10-5-7-15-8-6-11(10)14-3/h10-11H,4-8H2,1-3H3. The zero-order valence-corrected chi connectivity index (χ0v) is 9.86. The molecule has 1 rings (SSSR count). The van der Waals surface area contributed by atoms with Crippen molar-refractivity contribution < 1.29 is 14.3 Å². The molecule has 4 nitrogen and oxygen atoms in total. The van der Waals surface area contributed by atoms with Gasteiger partial charge >= 0.3 is 0 Å². The lowest BCUT2D eigenvalue weighted by Gasteiger charge is -2.33. The molecule has 0 aromatic heterocycles. The predicted molar refractivity (Wildman–Crippen MR) is 57.7 cm³/mol. The Morgan fingerprint density at radius 2 is 2.13 bits per heavy atom. The Morgan fingerprint density at radius 1 is 1.47 bits per heavy atom. The van der Waals surface area contributed by atoms with Gasteiger partial charge in [0.2, 0.25) is 5.91 Å². The van der Waals surface area contributed by atoms with Crippen LogP contribution in [0.1, 0.15) is 26.7 Å². The molecule has 0 bridgehead atoms. The van der Waals surface area contributed by atoms with Gasteiger partial charge in [0, 0.05) is 33.8 Å². The van der Waals surface area contributed by atoms with E-state index in [2.05, 4.69) is 0 Å². The molecule has 1 amide bonds. The van der Waals surface area contributed by atoms with Crippen molar-refractivity contribution in [1.82, 2.24) is 4.90 Å². The third-order valence-electron chi connectivity index (χ3n) is 2.98. The molecule has 0 aromatic carbocycles. The third-order valence-corrected chi connectivity index (χ3v) is 2.98. The summed E-state index contributed by atoms with van der Waals surface area (Å²) in [6, 6.07) is 0.167. The van der Waals surface area contributed by atoms with E-state index >= 15 is 0 Å². The molecule has 0 spiro atoms. The second-order valence-corrected chi connectivity index (χ2v) is 3.84. The van der Waals surface area contributed by atoms with Crippen molar-refractivity contribution in [3.05, 3.63) is 0 Å². The molecule has 1 aliphatic rings. The van der Waals surface area contributed by atoms with Crippen LogP contribution in [0.2, 0.25) is 0 Å². The van der Waals surface area contributed by atoms with E-state index in [0.29, 0.717) is 6.61 Å². The third kappa shape index (κ3) is 3.18. The summed E-state index contributed by atoms with van der Waals surface area (Å²) in [5, 5.41) is 0. The number of nitrogens with zero attached hydrogens (tertiary/aromatic N) is 1. The Hall–Kier alpha value is -0.610. The predicted octanol–water partition coefficient (Wildman–Crippen LogP) is 1.05. The van der Waals surface area contributed by atoms with Crippen molar-refractivity contribution in [3.63, 3.8) is 0 Å². The maximum atomic E-state index is 11.5. The highest BCUT2D eigenvalue weighted by atomic mass is 16.5. The molecule has 1 aliphatic heterocycles. The highest BCUT2D eigenvalue weighted by Gasteiger charge is 2.29. The minimum atomic E-state index is 0.108. The molecule has 15 heavy (non-hydrogen) atoms. The van der Waals surface area contributed by atoms with Crippen LogP contribution in [0.3, 0.4) is 0 Å². The number of methoxy groups -OCH3 is 1. The summed E-state index contributed by atoms with van der Waals surface area (Å²) in [6.45, 7) is 5.79. The van der Waals surface area contributed by atoms with Gasteiger partial charge in [0.25, 0.3) is 0 Å². The number of amides is 1. The van der Waals surface area contributed by atoms with Crippen molar-refractivity contribution >= 4 is 5.91 Å². The fourth-order valence-electron chi connectivity index (χ4n) is 2.21. The lowest BCUT2D eigenvalue weighted by Crippen LogP contribution is -2.46. The van der Waals surface area contributed by atoms with Crippen LogP contribution in [-0.4, -0.2) is 49.8 Å². The second-order valence-electron chi connectivity index (χ2n) is 3.84. The zero-order chi connectivity index (χ0) is 11.3. The van der Waals surface area contributed by atoms with E-state index in [4.69, 9.17) is 9.47 Å². The first kappa shape index (κ1) is 12.5. The lowest BCUT2D eigenvalue weighted by atomic mass is 10.0. The highest BCUT2D eigenvalue weighted by molar-refractivity contribution is 5.73. The Labute approximate surface area is 91.5 Å². The highest BCUT2D eigenvalue weighted by Crippen LogP contribution is 2.18. The van der Waals surface area contributed by atoms with Crippen LogP contribution in [0.4, 0.5) is 0 Å². The van der Waals surface area contributed by atoms with Crippen LogP contribution in [0.25, 0.3) is 0 Å². The SMILES string of the molecule is CCN(C(C)=O)C1CCOCCC1OC. The van der Waals surface area contributed by atoms with Gasteiger partial charge in [0.05, 0.1) is 12.1 Å². The first-order chi connectivity index (χ1) is 7.20. The molecule has 1 fully saturated rings. The average molecular weight is 215 g/mol. The van der Waals surface area contributed by atoms with E-state index in [1.165, 1.54) is 0 Å². The van der Waals surface area contributed by atoms with Crippen molar-refractivity contribution in [2.75, 3.05) is 26.9 Å². The first-order valence-corrected chi connectivity index (χ1v) is 5.58. The molecule has 0 aliphatic carbocycles. The van der Waals surface area contributed by atoms with Crippen molar-refractivity contribution in [3.8, 4) is 0 Å². The summed E-state index contributed by atoms with van der Waals surface area (Å²) in [6.07, 6.45) is 1.84. The molecule has 2 atom stereocenters. The van der Waals surface area contributed by atoms with Crippen LogP contribution in [0.5, 0.6) is 0 Å². The number of rotatable bonds is 3. The summed E-state index contributed by atoms with van der Waals surface area (Å²) in [7, 11) is 1.71. The average Bonchev–Trinajstić information content (AvgIpc) is 2.44. The van der Waals surface area contributed by atoms with Crippen molar-refractivity contribution in [1.29, 1.82) is 0 Å². The van der Waals surface area contributed by atoms with E-state index in [0.717, 1.165) is 26.0 Å². The largest absolute Gasteiger partial charge is 0.381 e. The van der Waals surface area contributed by atoms with Gasteiger partial charge in [-0.3, -0.25) is 4.79 Å². The van der Waals surface area contributed by atoms with Crippen LogP contribution >= 0.6 is 0 Å². The molecule has 0 aromatic rings. The Bertz CT molecular complexity index is 208. The maximum Gasteiger partial charge on any atom is 0.219 e. The summed E-state index contributed by atoms with van der Waals surface area (Å²) in [5.74, 6) is 0.117. The van der Waals surface area contributed by atoms with E-state index < -0.39 is 0 Å². The van der Waals surface area contributed by atoms with Crippen LogP contribution < -0.4 is 0 Å². The zero-order valence-electron chi connectivity index (χ0n) is 9.86. The summed E-state index contributed by atoms with van der Waals surface area (Å²) >= 11 is 0. The smallest absolute Gasteiger partial charge is 0.219 e. The molecular formula is C11H21NO3. The summed E-state index contributed by atoms with van der Waals surface area (Å²) < 4.78 is 10.9. The van der Waals surface area contributed by atoms with Gasteiger partial charge in [-0.2, -0.15) is 0 Å². The number of hydrogen-bond donors (Lipinski definition) is 0. The minimum absolute atomic E-state index is 0.108. The number of carbonyl (C=O) groups excluding carboxylic acids is 1. The first-order valence-electron chi connectivity index (χ1n) is 5.58. The van der Waals surface area contributed by atoms with Gasteiger partial charge in [0.1, 0.15) is 0 Å². The fraction of sp³-hybridized carbons (Fsp3) is 0.909. The van der Waals surface area contributed by atoms with Crippen LogP contribution in [0.15, 0.2) is 0 Å². The van der Waals surface area contributed by atoms with E-state index in [1.807, 2.05) is 11.8 Å². The monoisotopic (exact) mass is 215 g/mol. The molecule has 1 heterocycles. The van der Waals surface area contributed by atoms with Gasteiger partial charge in [-0.05, 0) is 19.8 Å². The fourth-order valence-corrected chi connectivity index (χ4v) is 2.21. The molecule has 0 N–H and O–H groups in total. The normalized spacial score (nSPS) is 27.1. The Kier molecular flexibility index (Phi) is 5.05. The molecular weight excluding hydrogens is 194 g/mol. The van der Waals surface area contributed by atoms with E-state index in [9.17, 15) is 4.79 Å². The molecule has 1 saturated heterocycles. The minimum Gasteiger partial charge on any atom is -0.381 e. The van der Waals surface area contributed by atoms with Gasteiger partial charge in [-0.25, -0.2) is 0 Å². The number of hydrogen-bond acceptors (Lipinski definition) is 3. The van der Waals surface area contributed by atoms with Gasteiger partial charge in [0.15, 0.2) is 0 Å². The summed E-state index contributed by atoms with van der Waals surface area (Å²) in [5.41, 5.74) is 0. The molecule has 88 valence electrons. The quantitative estimate of drug-likeness (QED) is 0.706. The van der Waals surface area contributed by atoms with Gasteiger partial charge in [-0.1, -0.05) is 0 Å². The lowest BCUT2D eigenvalue weighted by molar-refractivity contribution is -0.134. The molecule has 4 heteroatoms. The van der Waals surface area contributed by atoms with Gasteiger partial charge in [-0.15, -0.1) is 0 Å². The molecule has 0 saturated carbocycles. The van der Waals surface area contributed by atoms with E-state index in [1.54, 1.807) is 14.0 Å². The Morgan fingerprint density at radius 3 is 2.67 bits per heavy atom. The van der Waals surface area contributed by atoms with Crippen LogP contribution in [0, 0.1) is 0 Å². The maximum absolute atomic E-state index is 11.5. The topological polar surface area (TPSA) is 38.8 Å². The van der Waals surface area contributed by atoms with Gasteiger partial charge < -0.3 is 14.4 Å². The molecule has 0 radical (unpaired) electrons. The van der Waals surface area contributed by atoms with Crippen molar-refractivity contribution in [2.24, 2.45) is 0 Å². The van der Waals surface area contributed by atoms with Crippen LogP contribution in [-0.2, 0) is 14.3 Å². The van der Waals surface area contributed by atoms with Crippen molar-refractivity contribution in [2.45, 2.75) is 38.8 Å². The number of ether oxygens (including phenoxy) is 2. The second kappa shape index (κ2) is 6.08. The van der Waals surface area contributed by atoms with E-state index in [-0.39, 0.29) is 18.1 Å². The summed E-state index contributed by atoms with van der Waals surface area (Å²) in [4.78, 5) is 13.4. The number of carbonyl (C=O) groups is 1. The Balaban J connectivity index is 2.71. The number of likely N-dealkylation sites (N-methyl/N-ethyl adjacent to an activating group) is 1. The molecule has 2 unspecified atom stereocenters.